The average molecular weight is 744 g/mol. The van der Waals surface area contributed by atoms with Crippen LogP contribution < -0.4 is 5.32 Å². The number of methoxy groups -OCH3 is 2. The number of hydrogen-bond donors (Lipinski definition) is 1. The van der Waals surface area contributed by atoms with Gasteiger partial charge in [0.25, 0.3) is 0 Å². The summed E-state index contributed by atoms with van der Waals surface area (Å²) in [5.74, 6) is -1.35. The quantitative estimate of drug-likeness (QED) is 0.282. The lowest BCUT2D eigenvalue weighted by molar-refractivity contribution is -0.157. The van der Waals surface area contributed by atoms with Gasteiger partial charge >= 0.3 is 11.9 Å². The van der Waals surface area contributed by atoms with E-state index in [1.54, 1.807) is 33.3 Å². The second kappa shape index (κ2) is 18.6. The first kappa shape index (κ1) is 39.2. The molecule has 11 nitrogen and oxygen atoms in total. The van der Waals surface area contributed by atoms with Gasteiger partial charge in [0.15, 0.2) is 0 Å². The van der Waals surface area contributed by atoms with Crippen molar-refractivity contribution in [2.24, 2.45) is 17.8 Å². The molecule has 4 aliphatic rings. The van der Waals surface area contributed by atoms with E-state index >= 15 is 0 Å². The smallest absolute Gasteiger partial charge is 0.328 e. The molecule has 4 aliphatic heterocycles. The van der Waals surface area contributed by atoms with Crippen LogP contribution in [-0.4, -0.2) is 99.8 Å². The Balaban J connectivity index is 1.26. The molecule has 4 heterocycles. The maximum absolute atomic E-state index is 14.1. The minimum Gasteiger partial charge on any atom is -0.467 e. The lowest BCUT2D eigenvalue weighted by Crippen LogP contribution is -2.57. The predicted octanol–water partition coefficient (Wildman–Crippen LogP) is 4.75. The predicted molar refractivity (Wildman–Crippen MR) is 196 cm³/mol. The van der Waals surface area contributed by atoms with Crippen molar-refractivity contribution in [3.63, 3.8) is 0 Å². The molecule has 51 heavy (non-hydrogen) atoms. The number of amides is 3. The van der Waals surface area contributed by atoms with Crippen molar-refractivity contribution in [1.29, 1.82) is 0 Å². The first-order valence-corrected chi connectivity index (χ1v) is 20.7. The SMILES string of the molecule is CC[C@@H](CC[C@H](Cc1ccccc1)C(=O)N[C@H]1CCS[C@H]2CCC[C@@H](C(=O)OC)N2C1=O)C(=O)C[C@H]1CCS[C@H]2CCC[C@@H](C(=O)OC)N2C1=O. The average Bonchev–Trinajstić information content (AvgIpc) is 3.41. The number of ketones is 1. The first-order valence-electron chi connectivity index (χ1n) is 18.6. The third kappa shape index (κ3) is 9.49. The molecule has 5 rings (SSSR count). The molecule has 280 valence electrons. The number of hydrogen-bond acceptors (Lipinski definition) is 10. The largest absolute Gasteiger partial charge is 0.467 e. The molecular weight excluding hydrogens is 691 g/mol. The molecule has 0 saturated carbocycles. The Morgan fingerprint density at radius 2 is 1.35 bits per heavy atom. The molecule has 0 aromatic heterocycles. The van der Waals surface area contributed by atoms with E-state index in [9.17, 15) is 28.8 Å². The van der Waals surface area contributed by atoms with Crippen LogP contribution in [0.4, 0.5) is 0 Å². The van der Waals surface area contributed by atoms with Crippen molar-refractivity contribution < 1.29 is 38.2 Å². The minimum atomic E-state index is -0.756. The Labute approximate surface area is 310 Å². The van der Waals surface area contributed by atoms with Crippen molar-refractivity contribution in [2.45, 2.75) is 119 Å². The summed E-state index contributed by atoms with van der Waals surface area (Å²) < 4.78 is 10.1. The number of carbonyl (C=O) groups is 6. The fourth-order valence-corrected chi connectivity index (χ4v) is 11.0. The van der Waals surface area contributed by atoms with Gasteiger partial charge in [-0.2, -0.15) is 0 Å². The van der Waals surface area contributed by atoms with Gasteiger partial charge in [-0.25, -0.2) is 9.59 Å². The Hall–Kier alpha value is -3.06. The minimum absolute atomic E-state index is 0.00533. The van der Waals surface area contributed by atoms with Crippen molar-refractivity contribution in [2.75, 3.05) is 25.7 Å². The van der Waals surface area contributed by atoms with Gasteiger partial charge in [-0.3, -0.25) is 19.2 Å². The van der Waals surface area contributed by atoms with Gasteiger partial charge in [0.2, 0.25) is 17.7 Å². The molecule has 0 aliphatic carbocycles. The Morgan fingerprint density at radius 1 is 0.784 bits per heavy atom. The number of nitrogens with one attached hydrogen (secondary N) is 1. The van der Waals surface area contributed by atoms with Gasteiger partial charge in [0, 0.05) is 24.2 Å². The highest BCUT2D eigenvalue weighted by atomic mass is 32.2. The van der Waals surface area contributed by atoms with Gasteiger partial charge < -0.3 is 24.6 Å². The van der Waals surface area contributed by atoms with Crippen LogP contribution in [0, 0.1) is 17.8 Å². The molecule has 0 spiro atoms. The number of benzene rings is 1. The molecule has 13 heteroatoms. The molecule has 0 bridgehead atoms. The number of carbonyl (C=O) groups excluding carboxylic acids is 6. The second-order valence-electron chi connectivity index (χ2n) is 14.2. The zero-order valence-corrected chi connectivity index (χ0v) is 31.7. The summed E-state index contributed by atoms with van der Waals surface area (Å²) in [5, 5.41) is 2.85. The topological polar surface area (TPSA) is 139 Å². The molecule has 1 aromatic rings. The second-order valence-corrected chi connectivity index (χ2v) is 16.7. The number of ether oxygens (including phenoxy) is 2. The molecule has 8 atom stereocenters. The van der Waals surface area contributed by atoms with Crippen LogP contribution in [0.25, 0.3) is 0 Å². The zero-order valence-electron chi connectivity index (χ0n) is 30.1. The lowest BCUT2D eigenvalue weighted by atomic mass is 9.84. The third-order valence-corrected chi connectivity index (χ3v) is 13.7. The summed E-state index contributed by atoms with van der Waals surface area (Å²) in [5.41, 5.74) is 0.986. The van der Waals surface area contributed by atoms with Crippen LogP contribution in [0.1, 0.15) is 89.5 Å². The standard InChI is InChI=1S/C38H53N3O8S2/c1-4-25(31(42)23-27-18-20-50-32-14-8-12-29(37(46)48-2)40(32)35(27)44)16-17-26(22-24-10-6-5-7-11-24)34(43)39-28-19-21-51-33-15-9-13-30(38(47)49-3)41(33)36(28)45/h5-7,10-11,25-30,32-33H,4,8-9,12-23H2,1-3H3,(H,39,43)/t25-,26+,27+,28-,29-,30-,32-,33-/m0/s1. The van der Waals surface area contributed by atoms with Crippen LogP contribution >= 0.6 is 23.5 Å². The van der Waals surface area contributed by atoms with E-state index in [0.29, 0.717) is 57.1 Å². The number of thioether (sulfide) groups is 2. The highest BCUT2D eigenvalue weighted by molar-refractivity contribution is 8.00. The van der Waals surface area contributed by atoms with E-state index in [1.165, 1.54) is 14.2 Å². The highest BCUT2D eigenvalue weighted by Crippen LogP contribution is 2.38. The number of piperidine rings is 2. The summed E-state index contributed by atoms with van der Waals surface area (Å²) in [6.45, 7) is 1.96. The fourth-order valence-electron chi connectivity index (χ4n) is 8.13. The Bertz CT molecular complexity index is 1410. The van der Waals surface area contributed by atoms with Crippen LogP contribution in [0.3, 0.4) is 0 Å². The lowest BCUT2D eigenvalue weighted by Gasteiger charge is -2.40. The van der Waals surface area contributed by atoms with Gasteiger partial charge in [-0.1, -0.05) is 37.3 Å². The van der Waals surface area contributed by atoms with Crippen LogP contribution in [0.2, 0.25) is 0 Å². The number of fused-ring (bicyclic) bond motifs is 2. The molecule has 0 radical (unpaired) electrons. The number of rotatable bonds is 13. The molecule has 0 unspecified atom stereocenters. The zero-order chi connectivity index (χ0) is 36.5. The van der Waals surface area contributed by atoms with Crippen molar-refractivity contribution >= 4 is 59.0 Å². The molecule has 1 aromatic carbocycles. The molecule has 3 amide bonds. The van der Waals surface area contributed by atoms with Crippen LogP contribution in [-0.2, 0) is 44.7 Å². The normalized spacial score (nSPS) is 27.9. The Kier molecular flexibility index (Phi) is 14.3. The van der Waals surface area contributed by atoms with Crippen molar-refractivity contribution in [3.8, 4) is 0 Å². The van der Waals surface area contributed by atoms with Gasteiger partial charge in [-0.05, 0) is 94.1 Å². The van der Waals surface area contributed by atoms with Gasteiger partial charge in [0.1, 0.15) is 23.9 Å². The molecule has 4 fully saturated rings. The van der Waals surface area contributed by atoms with E-state index in [0.717, 1.165) is 37.0 Å². The summed E-state index contributed by atoms with van der Waals surface area (Å²) in [6.07, 6.45) is 7.48. The summed E-state index contributed by atoms with van der Waals surface area (Å²) in [6, 6.07) is 7.69. The number of esters is 2. The monoisotopic (exact) mass is 743 g/mol. The fraction of sp³-hybridized carbons (Fsp3) is 0.684. The van der Waals surface area contributed by atoms with E-state index in [4.69, 9.17) is 9.47 Å². The maximum Gasteiger partial charge on any atom is 0.328 e. The van der Waals surface area contributed by atoms with E-state index in [1.807, 2.05) is 37.3 Å². The first-order chi connectivity index (χ1) is 24.7. The van der Waals surface area contributed by atoms with Gasteiger partial charge in [-0.15, -0.1) is 23.5 Å². The molecule has 4 saturated heterocycles. The number of Topliss-reactive ketones (excluding diaryl/α,β-unsaturated/α-hetero) is 1. The van der Waals surface area contributed by atoms with E-state index in [-0.39, 0.29) is 46.6 Å². The van der Waals surface area contributed by atoms with Crippen LogP contribution in [0.15, 0.2) is 30.3 Å². The van der Waals surface area contributed by atoms with Crippen molar-refractivity contribution in [3.05, 3.63) is 35.9 Å². The van der Waals surface area contributed by atoms with Crippen molar-refractivity contribution in [1.82, 2.24) is 15.1 Å². The molecular formula is C38H53N3O8S2. The maximum atomic E-state index is 14.1. The third-order valence-electron chi connectivity index (χ3n) is 11.0. The van der Waals surface area contributed by atoms with Crippen LogP contribution in [0.5, 0.6) is 0 Å². The van der Waals surface area contributed by atoms with Gasteiger partial charge in [0.05, 0.1) is 25.0 Å². The Morgan fingerprint density at radius 3 is 1.94 bits per heavy atom. The summed E-state index contributed by atoms with van der Waals surface area (Å²) >= 11 is 3.33. The summed E-state index contributed by atoms with van der Waals surface area (Å²) in [7, 11) is 2.68. The van der Waals surface area contributed by atoms with E-state index in [2.05, 4.69) is 5.32 Å². The van der Waals surface area contributed by atoms with E-state index < -0.39 is 41.9 Å². The highest BCUT2D eigenvalue weighted by Gasteiger charge is 2.45. The molecule has 1 N–H and O–H groups in total. The number of nitrogens with zero attached hydrogens (tertiary/aromatic N) is 2. The summed E-state index contributed by atoms with van der Waals surface area (Å²) in [4.78, 5) is 84.3.